The molecule has 0 aliphatic carbocycles. The van der Waals surface area contributed by atoms with Crippen LogP contribution in [-0.4, -0.2) is 21.2 Å². The molecule has 0 atom stereocenters. The van der Waals surface area contributed by atoms with Crippen molar-refractivity contribution in [1.29, 1.82) is 0 Å². The van der Waals surface area contributed by atoms with Crippen molar-refractivity contribution < 1.29 is 17.6 Å². The number of hydrogen-bond acceptors (Lipinski definition) is 4. The minimum absolute atomic E-state index is 0.176. The number of sulfone groups is 1. The molecule has 0 spiro atoms. The number of rotatable bonds is 5. The van der Waals surface area contributed by atoms with Crippen LogP contribution in [0.15, 0.2) is 99.9 Å². The van der Waals surface area contributed by atoms with Crippen molar-refractivity contribution in [3.05, 3.63) is 96.3 Å². The summed E-state index contributed by atoms with van der Waals surface area (Å²) in [5.74, 6) is -0.287. The zero-order chi connectivity index (χ0) is 22.0. The quantitative estimate of drug-likeness (QED) is 0.293. The Morgan fingerprint density at radius 1 is 0.839 bits per heavy atom. The fraction of sp³-hybridized carbons (Fsp3) is 0.0800. The first-order valence-corrected chi connectivity index (χ1v) is 11.1. The van der Waals surface area contributed by atoms with Crippen LogP contribution < -0.4 is 0 Å². The third-order valence-corrected chi connectivity index (χ3v) is 6.90. The third kappa shape index (κ3) is 4.07. The van der Waals surface area contributed by atoms with E-state index in [9.17, 15) is 12.8 Å². The fourth-order valence-corrected chi connectivity index (χ4v) is 5.07. The van der Waals surface area contributed by atoms with E-state index in [0.29, 0.717) is 11.3 Å². The van der Waals surface area contributed by atoms with Gasteiger partial charge in [-0.1, -0.05) is 53.7 Å². The van der Waals surface area contributed by atoms with Crippen molar-refractivity contribution in [2.24, 2.45) is 5.16 Å². The van der Waals surface area contributed by atoms with Crippen molar-refractivity contribution >= 4 is 26.3 Å². The summed E-state index contributed by atoms with van der Waals surface area (Å²) in [6, 6.07) is 23.8. The summed E-state index contributed by atoms with van der Waals surface area (Å²) in [5, 5.41) is 5.58. The molecule has 31 heavy (non-hydrogen) atoms. The van der Waals surface area contributed by atoms with Gasteiger partial charge in [-0.05, 0) is 65.2 Å². The highest BCUT2D eigenvalue weighted by Crippen LogP contribution is 2.30. The zero-order valence-electron chi connectivity index (χ0n) is 17.0. The highest BCUT2D eigenvalue weighted by atomic mass is 32.2. The van der Waals surface area contributed by atoms with E-state index in [-0.39, 0.29) is 15.6 Å². The van der Waals surface area contributed by atoms with Gasteiger partial charge in [0.05, 0.1) is 15.5 Å². The Kier molecular flexibility index (Phi) is 5.57. The van der Waals surface area contributed by atoms with Gasteiger partial charge >= 0.3 is 0 Å². The van der Waals surface area contributed by atoms with Crippen LogP contribution in [0.1, 0.15) is 12.5 Å². The number of nitrogens with zero attached hydrogens (tertiary/aromatic N) is 1. The minimum Gasteiger partial charge on any atom is -0.399 e. The maximum Gasteiger partial charge on any atom is 0.207 e. The van der Waals surface area contributed by atoms with Crippen LogP contribution in [0.4, 0.5) is 4.39 Å². The van der Waals surface area contributed by atoms with Crippen LogP contribution in [0.3, 0.4) is 0 Å². The number of halogens is 1. The van der Waals surface area contributed by atoms with E-state index in [0.717, 1.165) is 21.9 Å². The molecule has 4 aromatic carbocycles. The second-order valence-corrected chi connectivity index (χ2v) is 9.01. The molecule has 0 amide bonds. The molecule has 0 radical (unpaired) electrons. The highest BCUT2D eigenvalue weighted by Gasteiger charge is 2.22. The monoisotopic (exact) mass is 433 g/mol. The summed E-state index contributed by atoms with van der Waals surface area (Å²) in [6.45, 7) is 1.70. The molecule has 0 unspecified atom stereocenters. The molecule has 0 aliphatic heterocycles. The van der Waals surface area contributed by atoms with Gasteiger partial charge < -0.3 is 4.84 Å². The lowest BCUT2D eigenvalue weighted by Gasteiger charge is -2.11. The van der Waals surface area contributed by atoms with Gasteiger partial charge in [-0.25, -0.2) is 12.8 Å². The van der Waals surface area contributed by atoms with Crippen molar-refractivity contribution in [1.82, 2.24) is 0 Å². The van der Waals surface area contributed by atoms with E-state index in [1.54, 1.807) is 61.5 Å². The molecule has 4 nitrogen and oxygen atoms in total. The van der Waals surface area contributed by atoms with Gasteiger partial charge in [0.1, 0.15) is 12.9 Å². The van der Waals surface area contributed by atoms with E-state index >= 15 is 0 Å². The lowest BCUT2D eigenvalue weighted by atomic mass is 10.0. The molecular formula is C25H20FNO3S. The largest absolute Gasteiger partial charge is 0.399 e. The van der Waals surface area contributed by atoms with Crippen molar-refractivity contribution in [2.45, 2.75) is 16.7 Å². The van der Waals surface area contributed by atoms with Crippen LogP contribution in [0, 0.1) is 5.82 Å². The van der Waals surface area contributed by atoms with E-state index in [2.05, 4.69) is 5.16 Å². The van der Waals surface area contributed by atoms with Gasteiger partial charge in [0.25, 0.3) is 0 Å². The first kappa shape index (κ1) is 20.8. The Labute approximate surface area is 180 Å². The molecule has 0 aromatic heterocycles. The van der Waals surface area contributed by atoms with Crippen LogP contribution in [0.5, 0.6) is 0 Å². The predicted molar refractivity (Wildman–Crippen MR) is 120 cm³/mol. The molecule has 0 bridgehead atoms. The second kappa shape index (κ2) is 8.32. The molecule has 0 saturated heterocycles. The summed E-state index contributed by atoms with van der Waals surface area (Å²) in [7, 11) is -2.35. The maximum atomic E-state index is 13.4. The molecule has 0 heterocycles. The number of oxime groups is 1. The second-order valence-electron chi connectivity index (χ2n) is 7.09. The van der Waals surface area contributed by atoms with Gasteiger partial charge in [0, 0.05) is 5.56 Å². The topological polar surface area (TPSA) is 55.7 Å². The van der Waals surface area contributed by atoms with Gasteiger partial charge in [0.15, 0.2) is 0 Å². The molecular weight excluding hydrogens is 413 g/mol. The van der Waals surface area contributed by atoms with E-state index in [4.69, 9.17) is 4.84 Å². The van der Waals surface area contributed by atoms with Crippen molar-refractivity contribution in [3.63, 3.8) is 0 Å². The Hall–Kier alpha value is -3.51. The van der Waals surface area contributed by atoms with Gasteiger partial charge in [-0.2, -0.15) is 0 Å². The van der Waals surface area contributed by atoms with Gasteiger partial charge in [-0.15, -0.1) is 0 Å². The fourth-order valence-electron chi connectivity index (χ4n) is 3.53. The van der Waals surface area contributed by atoms with E-state index in [1.165, 1.54) is 19.2 Å². The first-order chi connectivity index (χ1) is 14.9. The minimum atomic E-state index is -3.77. The number of benzene rings is 4. The van der Waals surface area contributed by atoms with Crippen molar-refractivity contribution in [3.8, 4) is 11.1 Å². The molecule has 0 saturated carbocycles. The molecule has 4 aromatic rings. The molecule has 4 rings (SSSR count). The lowest BCUT2D eigenvalue weighted by molar-refractivity contribution is 0.213. The average Bonchev–Trinajstić information content (AvgIpc) is 2.79. The van der Waals surface area contributed by atoms with Gasteiger partial charge in [-0.3, -0.25) is 0 Å². The van der Waals surface area contributed by atoms with Crippen molar-refractivity contribution in [2.75, 3.05) is 7.11 Å². The Morgan fingerprint density at radius 2 is 1.48 bits per heavy atom. The van der Waals surface area contributed by atoms with E-state index in [1.807, 2.05) is 18.2 Å². The van der Waals surface area contributed by atoms with E-state index < -0.39 is 9.84 Å². The standard InChI is InChI=1S/C25H20FNO3S/c1-17(27-30-2)24-5-3-4-6-25(24)31(28,29)23-14-11-20-15-19(7-8-21(20)16-23)18-9-12-22(26)13-10-18/h3-16H,1-2H3/b27-17+. The smallest absolute Gasteiger partial charge is 0.207 e. The summed E-state index contributed by atoms with van der Waals surface area (Å²) in [4.78, 5) is 5.19. The predicted octanol–water partition coefficient (Wildman–Crippen LogP) is 5.85. The third-order valence-electron chi connectivity index (χ3n) is 5.09. The lowest BCUT2D eigenvalue weighted by Crippen LogP contribution is -2.09. The zero-order valence-corrected chi connectivity index (χ0v) is 17.9. The summed E-state index contributed by atoms with van der Waals surface area (Å²) >= 11 is 0. The summed E-state index contributed by atoms with van der Waals surface area (Å²) in [5.41, 5.74) is 2.80. The van der Waals surface area contributed by atoms with Crippen LogP contribution in [-0.2, 0) is 14.7 Å². The van der Waals surface area contributed by atoms with Crippen LogP contribution in [0.2, 0.25) is 0 Å². The normalized spacial score (nSPS) is 12.2. The Bertz CT molecular complexity index is 1390. The molecule has 0 aliphatic rings. The molecule has 0 fully saturated rings. The van der Waals surface area contributed by atoms with Crippen LogP contribution >= 0.6 is 0 Å². The highest BCUT2D eigenvalue weighted by molar-refractivity contribution is 7.91. The van der Waals surface area contributed by atoms with Crippen LogP contribution in [0.25, 0.3) is 21.9 Å². The number of hydrogen-bond donors (Lipinski definition) is 0. The number of fused-ring (bicyclic) bond motifs is 1. The Morgan fingerprint density at radius 3 is 2.23 bits per heavy atom. The SMILES string of the molecule is CO/N=C(\C)c1ccccc1S(=O)(=O)c1ccc2cc(-c3ccc(F)cc3)ccc2c1. The first-order valence-electron chi connectivity index (χ1n) is 9.62. The average molecular weight is 434 g/mol. The maximum absolute atomic E-state index is 13.4. The van der Waals surface area contributed by atoms with Gasteiger partial charge in [0.2, 0.25) is 9.84 Å². The summed E-state index contributed by atoms with van der Waals surface area (Å²) in [6.07, 6.45) is 0. The molecule has 6 heteroatoms. The Balaban J connectivity index is 1.78. The molecule has 0 N–H and O–H groups in total. The molecule has 156 valence electrons. The summed E-state index contributed by atoms with van der Waals surface area (Å²) < 4.78 is 40.0.